The van der Waals surface area contributed by atoms with Gasteiger partial charge in [-0.1, -0.05) is 61.4 Å². The highest BCUT2D eigenvalue weighted by atomic mass is 32.1. The summed E-state index contributed by atoms with van der Waals surface area (Å²) in [5.41, 5.74) is 11.4. The van der Waals surface area contributed by atoms with E-state index in [1.165, 1.54) is 35.1 Å². The number of thiocarbonyl (C=S) groups is 1. The maximum Gasteiger partial charge on any atom is 0.167 e. The van der Waals surface area contributed by atoms with E-state index >= 15 is 0 Å². The summed E-state index contributed by atoms with van der Waals surface area (Å²) in [5.74, 6) is 0. The predicted molar refractivity (Wildman–Crippen MR) is 103 cm³/mol. The highest BCUT2D eigenvalue weighted by Gasteiger charge is 2.29. The molecule has 0 amide bonds. The van der Waals surface area contributed by atoms with Crippen LogP contribution in [-0.4, -0.2) is 17.2 Å². The first-order valence-corrected chi connectivity index (χ1v) is 9.15. The standard InChI is InChI=1S/C20H23N3S/c21-17-11-5-6-12-18(17)22-20(24)23-19-15-9-3-1-7-13(15)14-8-2-4-10-16(14)19/h1-4,7-10,17-19H,5-6,11-12,21H2,(H2,22,23,24)/t17-,18-/m1/s1. The molecule has 0 radical (unpaired) electrons. The topological polar surface area (TPSA) is 50.1 Å². The number of hydrogen-bond acceptors (Lipinski definition) is 2. The summed E-state index contributed by atoms with van der Waals surface area (Å²) in [6.45, 7) is 0. The van der Waals surface area contributed by atoms with Gasteiger partial charge in [-0.05, 0) is 47.3 Å². The smallest absolute Gasteiger partial charge is 0.167 e. The van der Waals surface area contributed by atoms with Gasteiger partial charge in [0.15, 0.2) is 5.11 Å². The van der Waals surface area contributed by atoms with E-state index in [-0.39, 0.29) is 18.1 Å². The average molecular weight is 337 g/mol. The van der Waals surface area contributed by atoms with Gasteiger partial charge in [0.25, 0.3) is 0 Å². The van der Waals surface area contributed by atoms with Gasteiger partial charge in [0.2, 0.25) is 0 Å². The van der Waals surface area contributed by atoms with Crippen LogP contribution < -0.4 is 16.4 Å². The Kier molecular flexibility index (Phi) is 4.25. The van der Waals surface area contributed by atoms with Crippen LogP contribution in [0.25, 0.3) is 11.1 Å². The molecule has 2 atom stereocenters. The third kappa shape index (κ3) is 2.80. The molecule has 0 spiro atoms. The molecule has 124 valence electrons. The van der Waals surface area contributed by atoms with Crippen LogP contribution in [0.5, 0.6) is 0 Å². The molecule has 1 saturated carbocycles. The Morgan fingerprint density at radius 1 is 0.875 bits per heavy atom. The van der Waals surface area contributed by atoms with E-state index < -0.39 is 0 Å². The molecule has 2 aromatic carbocycles. The zero-order valence-corrected chi connectivity index (χ0v) is 14.5. The first-order chi connectivity index (χ1) is 11.7. The SMILES string of the molecule is N[C@@H]1CCCC[C@H]1NC(=S)NC1c2ccccc2-c2ccccc21. The minimum absolute atomic E-state index is 0.109. The molecule has 4 rings (SSSR count). The van der Waals surface area contributed by atoms with Gasteiger partial charge >= 0.3 is 0 Å². The van der Waals surface area contributed by atoms with Gasteiger partial charge in [0.05, 0.1) is 6.04 Å². The zero-order chi connectivity index (χ0) is 16.5. The van der Waals surface area contributed by atoms with Gasteiger partial charge in [-0.25, -0.2) is 0 Å². The number of hydrogen-bond donors (Lipinski definition) is 3. The summed E-state index contributed by atoms with van der Waals surface area (Å²) in [6.07, 6.45) is 4.63. The van der Waals surface area contributed by atoms with E-state index in [2.05, 4.69) is 59.2 Å². The van der Waals surface area contributed by atoms with Crippen molar-refractivity contribution in [1.82, 2.24) is 10.6 Å². The van der Waals surface area contributed by atoms with E-state index in [1.54, 1.807) is 0 Å². The number of benzene rings is 2. The van der Waals surface area contributed by atoms with E-state index in [4.69, 9.17) is 18.0 Å². The Hall–Kier alpha value is -1.91. The summed E-state index contributed by atoms with van der Waals surface area (Å²) in [7, 11) is 0. The molecule has 0 unspecified atom stereocenters. The van der Waals surface area contributed by atoms with Gasteiger partial charge in [-0.2, -0.15) is 0 Å². The quantitative estimate of drug-likeness (QED) is 0.734. The predicted octanol–water partition coefficient (Wildman–Crippen LogP) is 3.49. The Labute approximate surface area is 148 Å². The highest BCUT2D eigenvalue weighted by molar-refractivity contribution is 7.80. The van der Waals surface area contributed by atoms with Crippen LogP contribution in [0.2, 0.25) is 0 Å². The Morgan fingerprint density at radius 2 is 1.46 bits per heavy atom. The van der Waals surface area contributed by atoms with E-state index in [0.29, 0.717) is 5.11 Å². The number of nitrogens with one attached hydrogen (secondary N) is 2. The zero-order valence-electron chi connectivity index (χ0n) is 13.7. The second kappa shape index (κ2) is 6.54. The fourth-order valence-corrected chi connectivity index (χ4v) is 4.26. The van der Waals surface area contributed by atoms with Crippen LogP contribution in [0.3, 0.4) is 0 Å². The molecule has 4 heteroatoms. The van der Waals surface area contributed by atoms with Gasteiger partial charge < -0.3 is 16.4 Å². The Balaban J connectivity index is 1.55. The molecular weight excluding hydrogens is 314 g/mol. The monoisotopic (exact) mass is 337 g/mol. The lowest BCUT2D eigenvalue weighted by molar-refractivity contribution is 0.359. The van der Waals surface area contributed by atoms with Gasteiger partial charge in [0.1, 0.15) is 0 Å². The summed E-state index contributed by atoms with van der Waals surface area (Å²) in [6, 6.07) is 17.7. The minimum Gasteiger partial charge on any atom is -0.358 e. The van der Waals surface area contributed by atoms with Crippen molar-refractivity contribution < 1.29 is 0 Å². The molecule has 0 aromatic heterocycles. The van der Waals surface area contributed by atoms with Gasteiger partial charge in [-0.15, -0.1) is 0 Å². The van der Waals surface area contributed by atoms with Crippen molar-refractivity contribution in [2.45, 2.75) is 43.8 Å². The van der Waals surface area contributed by atoms with Gasteiger partial charge in [0, 0.05) is 12.1 Å². The first-order valence-electron chi connectivity index (χ1n) is 8.75. The third-order valence-electron chi connectivity index (χ3n) is 5.25. The van der Waals surface area contributed by atoms with Crippen molar-refractivity contribution >= 4 is 17.3 Å². The fraction of sp³-hybridized carbons (Fsp3) is 0.350. The van der Waals surface area contributed by atoms with Crippen molar-refractivity contribution in [2.24, 2.45) is 5.73 Å². The van der Waals surface area contributed by atoms with E-state index in [9.17, 15) is 0 Å². The number of rotatable bonds is 2. The molecule has 4 N–H and O–H groups in total. The molecule has 24 heavy (non-hydrogen) atoms. The second-order valence-corrected chi connectivity index (χ2v) is 7.19. The molecule has 2 aromatic rings. The van der Waals surface area contributed by atoms with E-state index in [0.717, 1.165) is 12.8 Å². The lowest BCUT2D eigenvalue weighted by Gasteiger charge is -2.31. The average Bonchev–Trinajstić information content (AvgIpc) is 2.92. The van der Waals surface area contributed by atoms with Gasteiger partial charge in [-0.3, -0.25) is 0 Å². The molecule has 2 aliphatic carbocycles. The molecule has 3 nitrogen and oxygen atoms in total. The summed E-state index contributed by atoms with van der Waals surface area (Å²) >= 11 is 5.60. The van der Waals surface area contributed by atoms with Crippen molar-refractivity contribution in [3.63, 3.8) is 0 Å². The van der Waals surface area contributed by atoms with Crippen molar-refractivity contribution in [1.29, 1.82) is 0 Å². The molecule has 0 heterocycles. The van der Waals surface area contributed by atoms with E-state index in [1.807, 2.05) is 0 Å². The minimum atomic E-state index is 0.109. The molecule has 1 fully saturated rings. The third-order valence-corrected chi connectivity index (χ3v) is 5.48. The van der Waals surface area contributed by atoms with Crippen LogP contribution in [-0.2, 0) is 0 Å². The Morgan fingerprint density at radius 3 is 2.08 bits per heavy atom. The van der Waals surface area contributed by atoms with Crippen LogP contribution in [0.15, 0.2) is 48.5 Å². The lowest BCUT2D eigenvalue weighted by atomic mass is 9.91. The normalized spacial score (nSPS) is 22.5. The summed E-state index contributed by atoms with van der Waals surface area (Å²) in [4.78, 5) is 0. The van der Waals surface area contributed by atoms with Crippen LogP contribution in [0.4, 0.5) is 0 Å². The first kappa shape index (κ1) is 15.6. The van der Waals surface area contributed by atoms with Crippen LogP contribution in [0, 0.1) is 0 Å². The van der Waals surface area contributed by atoms with Crippen molar-refractivity contribution in [3.05, 3.63) is 59.7 Å². The van der Waals surface area contributed by atoms with Crippen molar-refractivity contribution in [2.75, 3.05) is 0 Å². The number of nitrogens with two attached hydrogens (primary N) is 1. The molecule has 0 aliphatic heterocycles. The largest absolute Gasteiger partial charge is 0.358 e. The number of fused-ring (bicyclic) bond motifs is 3. The van der Waals surface area contributed by atoms with Crippen LogP contribution in [0.1, 0.15) is 42.9 Å². The van der Waals surface area contributed by atoms with Crippen molar-refractivity contribution in [3.8, 4) is 11.1 Å². The molecular formula is C20H23N3S. The Bertz CT molecular complexity index is 713. The molecule has 0 bridgehead atoms. The lowest BCUT2D eigenvalue weighted by Crippen LogP contribution is -2.52. The fourth-order valence-electron chi connectivity index (χ4n) is 3.99. The maximum absolute atomic E-state index is 6.24. The maximum atomic E-state index is 6.24. The summed E-state index contributed by atoms with van der Waals surface area (Å²) < 4.78 is 0. The van der Waals surface area contributed by atoms with Crippen LogP contribution >= 0.6 is 12.2 Å². The highest BCUT2D eigenvalue weighted by Crippen LogP contribution is 2.42. The second-order valence-electron chi connectivity index (χ2n) is 6.78. The molecule has 2 aliphatic rings. The molecule has 0 saturated heterocycles. The summed E-state index contributed by atoms with van der Waals surface area (Å²) in [5, 5.41) is 7.68.